The third-order valence-corrected chi connectivity index (χ3v) is 4.54. The third-order valence-electron chi connectivity index (χ3n) is 4.54. The molecule has 0 radical (unpaired) electrons. The maximum Gasteiger partial charge on any atom is 0.123 e. The molecule has 2 rings (SSSR count). The van der Waals surface area contributed by atoms with E-state index in [1.54, 1.807) is 12.1 Å². The Hall–Kier alpha value is -0.890. The summed E-state index contributed by atoms with van der Waals surface area (Å²) in [4.78, 5) is 0. The summed E-state index contributed by atoms with van der Waals surface area (Å²) in [6.07, 6.45) is 3.93. The molecule has 0 saturated heterocycles. The zero-order chi connectivity index (χ0) is 13.1. The molecule has 0 bridgehead atoms. The second-order valence-electron chi connectivity index (χ2n) is 5.81. The Bertz CT molecular complexity index is 373. The van der Waals surface area contributed by atoms with E-state index in [-0.39, 0.29) is 5.82 Å². The van der Waals surface area contributed by atoms with Gasteiger partial charge in [-0.3, -0.25) is 0 Å². The van der Waals surface area contributed by atoms with E-state index in [0.717, 1.165) is 11.8 Å². The van der Waals surface area contributed by atoms with Gasteiger partial charge in [0.1, 0.15) is 5.82 Å². The van der Waals surface area contributed by atoms with Crippen molar-refractivity contribution < 1.29 is 4.39 Å². The van der Waals surface area contributed by atoms with Crippen LogP contribution in [-0.4, -0.2) is 6.04 Å². The minimum atomic E-state index is -0.161. The van der Waals surface area contributed by atoms with Crippen LogP contribution in [0.1, 0.15) is 51.6 Å². The first-order valence-corrected chi connectivity index (χ1v) is 7.09. The summed E-state index contributed by atoms with van der Waals surface area (Å²) in [5.74, 6) is 1.36. The van der Waals surface area contributed by atoms with Crippen LogP contribution in [0, 0.1) is 17.7 Å². The first kappa shape index (κ1) is 13.5. The molecule has 2 heteroatoms. The predicted molar refractivity (Wildman–Crippen MR) is 73.9 cm³/mol. The molecule has 1 aromatic carbocycles. The summed E-state index contributed by atoms with van der Waals surface area (Å²) in [7, 11) is 0. The Morgan fingerprint density at radius 2 is 1.83 bits per heavy atom. The maximum absolute atomic E-state index is 12.9. The van der Waals surface area contributed by atoms with Gasteiger partial charge in [0.15, 0.2) is 0 Å². The molecular formula is C16H24FN. The fraction of sp³-hybridized carbons (Fsp3) is 0.625. The number of hydrogen-bond donors (Lipinski definition) is 1. The van der Waals surface area contributed by atoms with E-state index >= 15 is 0 Å². The van der Waals surface area contributed by atoms with Crippen LogP contribution in [0.3, 0.4) is 0 Å². The zero-order valence-electron chi connectivity index (χ0n) is 11.6. The van der Waals surface area contributed by atoms with Crippen LogP contribution in [0.2, 0.25) is 0 Å². The van der Waals surface area contributed by atoms with Gasteiger partial charge < -0.3 is 5.32 Å². The van der Waals surface area contributed by atoms with E-state index in [0.29, 0.717) is 12.1 Å². The summed E-state index contributed by atoms with van der Waals surface area (Å²) >= 11 is 0. The lowest BCUT2D eigenvalue weighted by atomic mass is 9.77. The molecule has 1 saturated carbocycles. The lowest BCUT2D eigenvalue weighted by Gasteiger charge is -2.36. The summed E-state index contributed by atoms with van der Waals surface area (Å²) in [5.41, 5.74) is 1.17. The zero-order valence-corrected chi connectivity index (χ0v) is 11.6. The Balaban J connectivity index is 1.98. The molecular weight excluding hydrogens is 225 g/mol. The highest BCUT2D eigenvalue weighted by atomic mass is 19.1. The maximum atomic E-state index is 12.9. The SMILES string of the molecule is CC1CCCC(N[C@@H](C)c2ccc(F)cc2)C1C. The van der Waals surface area contributed by atoms with Gasteiger partial charge in [0.2, 0.25) is 0 Å². The number of hydrogen-bond acceptors (Lipinski definition) is 1. The molecule has 1 aliphatic rings. The summed E-state index contributed by atoms with van der Waals surface area (Å²) in [6, 6.07) is 7.73. The Labute approximate surface area is 110 Å². The minimum absolute atomic E-state index is 0.161. The molecule has 0 aromatic heterocycles. The summed E-state index contributed by atoms with van der Waals surface area (Å²) < 4.78 is 12.9. The standard InChI is InChI=1S/C16H24FN/c1-11-5-4-6-16(12(11)2)18-13(3)14-7-9-15(17)10-8-14/h7-13,16,18H,4-6H2,1-3H3/t11?,12?,13-,16?/m0/s1. The molecule has 3 unspecified atom stereocenters. The second kappa shape index (κ2) is 5.83. The van der Waals surface area contributed by atoms with Gasteiger partial charge in [-0.1, -0.05) is 38.8 Å². The van der Waals surface area contributed by atoms with Crippen LogP contribution >= 0.6 is 0 Å². The van der Waals surface area contributed by atoms with Crippen LogP contribution in [-0.2, 0) is 0 Å². The van der Waals surface area contributed by atoms with E-state index in [1.165, 1.54) is 24.8 Å². The number of benzene rings is 1. The van der Waals surface area contributed by atoms with Crippen LogP contribution in [0.4, 0.5) is 4.39 Å². The molecule has 0 aliphatic heterocycles. The van der Waals surface area contributed by atoms with Crippen molar-refractivity contribution in [1.82, 2.24) is 5.32 Å². The highest BCUT2D eigenvalue weighted by Gasteiger charge is 2.27. The van der Waals surface area contributed by atoms with Gasteiger partial charge in [0.25, 0.3) is 0 Å². The van der Waals surface area contributed by atoms with Crippen molar-refractivity contribution in [3.05, 3.63) is 35.6 Å². The van der Waals surface area contributed by atoms with Crippen molar-refractivity contribution in [2.45, 2.75) is 52.1 Å². The largest absolute Gasteiger partial charge is 0.307 e. The lowest BCUT2D eigenvalue weighted by Crippen LogP contribution is -2.41. The second-order valence-corrected chi connectivity index (χ2v) is 5.81. The van der Waals surface area contributed by atoms with Gasteiger partial charge in [0.05, 0.1) is 0 Å². The molecule has 0 spiro atoms. The highest BCUT2D eigenvalue weighted by Crippen LogP contribution is 2.31. The van der Waals surface area contributed by atoms with Crippen molar-refractivity contribution in [3.63, 3.8) is 0 Å². The van der Waals surface area contributed by atoms with Gasteiger partial charge in [-0.15, -0.1) is 0 Å². The van der Waals surface area contributed by atoms with Gasteiger partial charge in [0, 0.05) is 12.1 Å². The fourth-order valence-electron chi connectivity index (χ4n) is 2.99. The van der Waals surface area contributed by atoms with Crippen LogP contribution in [0.15, 0.2) is 24.3 Å². The first-order chi connectivity index (χ1) is 8.58. The number of rotatable bonds is 3. The van der Waals surface area contributed by atoms with Crippen molar-refractivity contribution in [2.75, 3.05) is 0 Å². The number of halogens is 1. The van der Waals surface area contributed by atoms with E-state index < -0.39 is 0 Å². The van der Waals surface area contributed by atoms with Gasteiger partial charge >= 0.3 is 0 Å². The van der Waals surface area contributed by atoms with E-state index in [9.17, 15) is 4.39 Å². The van der Waals surface area contributed by atoms with Crippen LogP contribution in [0.25, 0.3) is 0 Å². The average molecular weight is 249 g/mol. The minimum Gasteiger partial charge on any atom is -0.307 e. The van der Waals surface area contributed by atoms with Crippen molar-refractivity contribution in [3.8, 4) is 0 Å². The Morgan fingerprint density at radius 1 is 1.17 bits per heavy atom. The molecule has 1 aromatic rings. The third kappa shape index (κ3) is 3.11. The van der Waals surface area contributed by atoms with Gasteiger partial charge in [-0.25, -0.2) is 4.39 Å². The Morgan fingerprint density at radius 3 is 2.50 bits per heavy atom. The smallest absolute Gasteiger partial charge is 0.123 e. The number of nitrogens with one attached hydrogen (secondary N) is 1. The van der Waals surface area contributed by atoms with Gasteiger partial charge in [-0.2, -0.15) is 0 Å². The van der Waals surface area contributed by atoms with Crippen LogP contribution < -0.4 is 5.32 Å². The topological polar surface area (TPSA) is 12.0 Å². The quantitative estimate of drug-likeness (QED) is 0.842. The first-order valence-electron chi connectivity index (χ1n) is 7.09. The molecule has 1 N–H and O–H groups in total. The average Bonchev–Trinajstić information content (AvgIpc) is 2.36. The molecule has 100 valence electrons. The normalized spacial score (nSPS) is 30.1. The fourth-order valence-corrected chi connectivity index (χ4v) is 2.99. The molecule has 0 amide bonds. The highest BCUT2D eigenvalue weighted by molar-refractivity contribution is 5.19. The van der Waals surface area contributed by atoms with Crippen molar-refractivity contribution in [1.29, 1.82) is 0 Å². The molecule has 4 atom stereocenters. The summed E-state index contributed by atoms with van der Waals surface area (Å²) in [5, 5.41) is 3.71. The molecule has 1 nitrogen and oxygen atoms in total. The Kier molecular flexibility index (Phi) is 4.39. The summed E-state index contributed by atoms with van der Waals surface area (Å²) in [6.45, 7) is 6.86. The van der Waals surface area contributed by atoms with Crippen molar-refractivity contribution in [2.24, 2.45) is 11.8 Å². The lowest BCUT2D eigenvalue weighted by molar-refractivity contribution is 0.196. The monoisotopic (exact) mass is 249 g/mol. The molecule has 1 aliphatic carbocycles. The molecule has 18 heavy (non-hydrogen) atoms. The molecule has 0 heterocycles. The van der Waals surface area contributed by atoms with E-state index in [2.05, 4.69) is 26.1 Å². The van der Waals surface area contributed by atoms with Gasteiger partial charge in [-0.05, 0) is 42.9 Å². The van der Waals surface area contributed by atoms with Crippen LogP contribution in [0.5, 0.6) is 0 Å². The predicted octanol–water partition coefficient (Wildman–Crippen LogP) is 4.30. The van der Waals surface area contributed by atoms with Crippen molar-refractivity contribution >= 4 is 0 Å². The molecule has 1 fully saturated rings. The van der Waals surface area contributed by atoms with E-state index in [4.69, 9.17) is 0 Å². The van der Waals surface area contributed by atoms with E-state index in [1.807, 2.05) is 12.1 Å².